The number of hydrogen-bond donors (Lipinski definition) is 0. The van der Waals surface area contributed by atoms with E-state index in [1.54, 1.807) is 0 Å². The molecule has 2 aliphatic carbocycles. The Kier molecular flexibility index (Phi) is 15.2. The van der Waals surface area contributed by atoms with E-state index in [-0.39, 0.29) is 18.0 Å². The van der Waals surface area contributed by atoms with E-state index in [1.165, 1.54) is 11.3 Å². The van der Waals surface area contributed by atoms with E-state index in [1.807, 2.05) is 98.2 Å². The highest BCUT2D eigenvalue weighted by Crippen LogP contribution is 2.50. The number of hydrogen-bond acceptors (Lipinski definition) is 9. The number of anilines is 2. The van der Waals surface area contributed by atoms with Crippen LogP contribution < -0.4 is 4.90 Å². The SMILES string of the molecule is C1=CC(n2c3ccc(-c4cc(-c5cccc(-c6cccc(-n7c8ccc(-c9cccc(C%10=CC%11c%12ncccc%12N(c%12cccc(-c%13ccccn%13)c%12)C%11C=C%10)c9)cc8c8ncccc87)c6)n5)ccc4-c4cccnc4)cc3c3ncccc32)CC(n2c3ccc(-c4ccccc4-c4cccnc4)cc3c3ncccc32)=C1. The Morgan fingerprint density at radius 3 is 1.62 bits per heavy atom. The smallest absolute Gasteiger partial charge is 0.0963 e. The van der Waals surface area contributed by atoms with Crippen molar-refractivity contribution in [2.24, 2.45) is 0 Å². The molecule has 0 saturated carbocycles. The topological polar surface area (TPSA) is 121 Å². The Morgan fingerprint density at radius 1 is 0.330 bits per heavy atom. The molecule has 0 saturated heterocycles. The quantitative estimate of drug-likeness (QED) is 0.111. The molecular formula is C100H66N12. The molecule has 3 atom stereocenters. The van der Waals surface area contributed by atoms with Gasteiger partial charge in [0.25, 0.3) is 0 Å². The average Bonchev–Trinajstić information content (AvgIpc) is 1.63. The van der Waals surface area contributed by atoms with Crippen molar-refractivity contribution in [3.8, 4) is 95.1 Å². The van der Waals surface area contributed by atoms with Crippen LogP contribution >= 0.6 is 0 Å². The average molecular weight is 1440 g/mol. The van der Waals surface area contributed by atoms with Crippen molar-refractivity contribution in [2.75, 3.05) is 4.90 Å². The third kappa shape index (κ3) is 10.8. The Balaban J connectivity index is 0.566. The molecule has 22 rings (SSSR count). The van der Waals surface area contributed by atoms with Crippen LogP contribution in [0.25, 0.3) is 172 Å². The van der Waals surface area contributed by atoms with Crippen molar-refractivity contribution in [3.63, 3.8) is 0 Å². The standard InChI is InChI=1S/C100H66N12/c1-2-27-79(72-20-10-45-101-61-72)78(26-1)67-38-43-91-84(57-67)99-95(33-14-50-106-99)111(91)76-24-8-25-77(60-76)112-92-44-39-68(58-85(92)100-96(112)34-15-51-107-100)81-59-71(35-40-80(81)73-21-11-46-102-62-73)88-30-9-29-87(108-88)70-19-7-23-75(54-70)110-90-42-37-66(56-83(90)98-94(110)32-13-49-105-98)64-17-5-16-63(52-64)65-36-41-89-82(55-65)97-93(31-12-48-104-97)109(89)74-22-6-18-69(53-74)86-28-3-4-47-103-86/h1-59,61-62,77,82,89H,60H2. The molecule has 1 aliphatic heterocycles. The molecule has 0 bridgehead atoms. The van der Waals surface area contributed by atoms with E-state index in [0.717, 1.165) is 190 Å². The van der Waals surface area contributed by atoms with Gasteiger partial charge in [0.15, 0.2) is 0 Å². The third-order valence-electron chi connectivity index (χ3n) is 22.7. The van der Waals surface area contributed by atoms with Gasteiger partial charge in [-0.2, -0.15) is 0 Å². The summed E-state index contributed by atoms with van der Waals surface area (Å²) in [5.41, 5.74) is 33.9. The van der Waals surface area contributed by atoms with E-state index in [9.17, 15) is 0 Å². The zero-order chi connectivity index (χ0) is 73.7. The summed E-state index contributed by atoms with van der Waals surface area (Å²) in [7, 11) is 0. The lowest BCUT2D eigenvalue weighted by Crippen LogP contribution is -2.29. The summed E-state index contributed by atoms with van der Waals surface area (Å²) in [5, 5.41) is 3.26. The Morgan fingerprint density at radius 2 is 0.866 bits per heavy atom. The molecule has 12 heteroatoms. The van der Waals surface area contributed by atoms with Gasteiger partial charge in [-0.1, -0.05) is 152 Å². The molecule has 0 N–H and O–H groups in total. The maximum absolute atomic E-state index is 5.49. The first kappa shape index (κ1) is 64.3. The number of pyridine rings is 8. The Labute approximate surface area is 645 Å². The molecular weight excluding hydrogens is 1370 g/mol. The summed E-state index contributed by atoms with van der Waals surface area (Å²) < 4.78 is 7.23. The zero-order valence-corrected chi connectivity index (χ0v) is 60.5. The minimum Gasteiger partial charge on any atom is -0.332 e. The minimum atomic E-state index is -0.0213. The number of allylic oxidation sites excluding steroid dienone is 6. The molecule has 12 heterocycles. The second-order valence-corrected chi connectivity index (χ2v) is 29.0. The third-order valence-corrected chi connectivity index (χ3v) is 22.7. The lowest BCUT2D eigenvalue weighted by atomic mass is 9.87. The summed E-state index contributed by atoms with van der Waals surface area (Å²) in [5.74, 6) is 0.0632. The van der Waals surface area contributed by atoms with Gasteiger partial charge in [0.1, 0.15) is 0 Å². The lowest BCUT2D eigenvalue weighted by molar-refractivity contribution is 0.645. The van der Waals surface area contributed by atoms with Crippen molar-refractivity contribution >= 4 is 88.5 Å². The van der Waals surface area contributed by atoms with Crippen molar-refractivity contribution in [1.29, 1.82) is 0 Å². The highest BCUT2D eigenvalue weighted by atomic mass is 15.2. The van der Waals surface area contributed by atoms with Crippen LogP contribution in [0.3, 0.4) is 0 Å². The number of aromatic nitrogens is 11. The normalized spacial score (nSPS) is 15.2. The number of rotatable bonds is 13. The highest BCUT2D eigenvalue weighted by Gasteiger charge is 2.40. The van der Waals surface area contributed by atoms with Gasteiger partial charge in [-0.3, -0.25) is 34.9 Å². The summed E-state index contributed by atoms with van der Waals surface area (Å²) >= 11 is 0. The van der Waals surface area contributed by atoms with Gasteiger partial charge in [-0.05, 0) is 219 Å². The molecule has 19 aromatic rings. The van der Waals surface area contributed by atoms with Crippen LogP contribution in [0.1, 0.15) is 29.6 Å². The highest BCUT2D eigenvalue weighted by molar-refractivity contribution is 6.12. The van der Waals surface area contributed by atoms with Crippen LogP contribution in [0.5, 0.6) is 0 Å². The van der Waals surface area contributed by atoms with Gasteiger partial charge in [0, 0.05) is 129 Å². The minimum absolute atomic E-state index is 0.0213. The molecule has 11 aromatic heterocycles. The fourth-order valence-electron chi connectivity index (χ4n) is 17.7. The monoisotopic (exact) mass is 1430 g/mol. The molecule has 0 radical (unpaired) electrons. The van der Waals surface area contributed by atoms with Crippen molar-refractivity contribution in [1.82, 2.24) is 53.6 Å². The van der Waals surface area contributed by atoms with E-state index in [0.29, 0.717) is 0 Å². The molecule has 0 fully saturated rings. The summed E-state index contributed by atoms with van der Waals surface area (Å²) in [4.78, 5) is 41.9. The van der Waals surface area contributed by atoms with Crippen LogP contribution in [0.2, 0.25) is 0 Å². The first-order valence-electron chi connectivity index (χ1n) is 38.0. The van der Waals surface area contributed by atoms with E-state index in [4.69, 9.17) is 24.9 Å². The maximum atomic E-state index is 5.49. The lowest BCUT2D eigenvalue weighted by Gasteiger charge is -2.29. The Bertz CT molecular complexity index is 7150. The maximum Gasteiger partial charge on any atom is 0.0963 e. The van der Waals surface area contributed by atoms with Crippen LogP contribution in [-0.2, 0) is 0 Å². The molecule has 0 amide bonds. The fraction of sp³-hybridized carbons (Fsp3) is 0.0400. The van der Waals surface area contributed by atoms with E-state index >= 15 is 0 Å². The number of benzene rings is 8. The fourth-order valence-corrected chi connectivity index (χ4v) is 17.7. The number of fused-ring (bicyclic) bond motifs is 12. The van der Waals surface area contributed by atoms with Gasteiger partial charge in [-0.15, -0.1) is 0 Å². The largest absolute Gasteiger partial charge is 0.332 e. The molecule has 0 spiro atoms. The van der Waals surface area contributed by atoms with Crippen LogP contribution in [-0.4, -0.2) is 59.6 Å². The van der Waals surface area contributed by atoms with Gasteiger partial charge >= 0.3 is 0 Å². The molecule has 3 unspecified atom stereocenters. The van der Waals surface area contributed by atoms with Gasteiger partial charge < -0.3 is 18.6 Å². The molecule has 8 aromatic carbocycles. The van der Waals surface area contributed by atoms with E-state index in [2.05, 4.69) is 307 Å². The van der Waals surface area contributed by atoms with Crippen LogP contribution in [0.15, 0.2) is 371 Å². The summed E-state index contributed by atoms with van der Waals surface area (Å²) in [6.45, 7) is 0. The summed E-state index contributed by atoms with van der Waals surface area (Å²) in [6.07, 6.45) is 31.6. The molecule has 3 aliphatic rings. The van der Waals surface area contributed by atoms with Crippen LogP contribution in [0, 0.1) is 0 Å². The second-order valence-electron chi connectivity index (χ2n) is 29.0. The number of nitrogens with zero attached hydrogens (tertiary/aromatic N) is 12. The van der Waals surface area contributed by atoms with Gasteiger partial charge in [0.2, 0.25) is 0 Å². The zero-order valence-electron chi connectivity index (χ0n) is 60.5. The summed E-state index contributed by atoms with van der Waals surface area (Å²) in [6, 6.07) is 99.8. The Hall–Kier alpha value is -14.9. The molecule has 112 heavy (non-hydrogen) atoms. The van der Waals surface area contributed by atoms with Crippen molar-refractivity contribution < 1.29 is 0 Å². The van der Waals surface area contributed by atoms with Gasteiger partial charge in [0.05, 0.1) is 90.2 Å². The predicted octanol–water partition coefficient (Wildman–Crippen LogP) is 23.8. The van der Waals surface area contributed by atoms with Crippen LogP contribution in [0.4, 0.5) is 11.4 Å². The van der Waals surface area contributed by atoms with Crippen molar-refractivity contribution in [3.05, 3.63) is 383 Å². The second kappa shape index (κ2) is 26.5. The molecule has 12 nitrogen and oxygen atoms in total. The first-order chi connectivity index (χ1) is 55.5. The predicted molar refractivity (Wildman–Crippen MR) is 455 cm³/mol. The van der Waals surface area contributed by atoms with Crippen molar-refractivity contribution in [2.45, 2.75) is 24.4 Å². The van der Waals surface area contributed by atoms with E-state index < -0.39 is 0 Å². The molecule has 526 valence electrons. The first-order valence-corrected chi connectivity index (χ1v) is 38.0. The van der Waals surface area contributed by atoms with Gasteiger partial charge in [-0.25, -0.2) is 4.98 Å².